The van der Waals surface area contributed by atoms with E-state index in [4.69, 9.17) is 0 Å². The van der Waals surface area contributed by atoms with Crippen LogP contribution in [0, 0.1) is 17.2 Å². The molecule has 2 aromatic rings. The third kappa shape index (κ3) is 5.56. The summed E-state index contributed by atoms with van der Waals surface area (Å²) in [7, 11) is 0. The Labute approximate surface area is 208 Å². The van der Waals surface area contributed by atoms with Crippen LogP contribution in [-0.2, 0) is 16.0 Å². The van der Waals surface area contributed by atoms with Gasteiger partial charge in [0.1, 0.15) is 6.07 Å². The number of Topliss-reactive ketones (excluding diaryl/α,β-unsaturated/α-hetero) is 2. The van der Waals surface area contributed by atoms with Gasteiger partial charge in [0.25, 0.3) is 0 Å². The zero-order chi connectivity index (χ0) is 27.0. The number of nitrogens with zero attached hydrogens (tertiary/aromatic N) is 2. The number of aryl methyl sites for hydroxylation is 1. The second kappa shape index (κ2) is 10.0. The van der Waals surface area contributed by atoms with Gasteiger partial charge in [-0.15, -0.1) is 0 Å². The van der Waals surface area contributed by atoms with E-state index in [1.54, 1.807) is 0 Å². The minimum atomic E-state index is -5.77. The first kappa shape index (κ1) is 26.5. The molecule has 0 spiro atoms. The number of halogens is 6. The third-order valence-electron chi connectivity index (χ3n) is 6.65. The first-order valence-electron chi connectivity index (χ1n) is 11.5. The van der Waals surface area contributed by atoms with Crippen LogP contribution in [0.5, 0.6) is 0 Å². The van der Waals surface area contributed by atoms with Gasteiger partial charge in [-0.3, -0.25) is 9.59 Å². The molecule has 2 N–H and O–H groups in total. The Balaban J connectivity index is 0.000000229. The van der Waals surface area contributed by atoms with Crippen molar-refractivity contribution in [3.05, 3.63) is 53.1 Å². The highest BCUT2D eigenvalue weighted by atomic mass is 19.4. The lowest BCUT2D eigenvalue weighted by molar-refractivity contribution is -0.193. The van der Waals surface area contributed by atoms with Crippen molar-refractivity contribution >= 4 is 28.6 Å². The van der Waals surface area contributed by atoms with E-state index in [1.807, 2.05) is 24.3 Å². The predicted octanol–water partition coefficient (Wildman–Crippen LogP) is 4.62. The third-order valence-corrected chi connectivity index (χ3v) is 6.65. The maximum atomic E-state index is 11.2. The number of carbonyl (C=O) groups excluding carboxylic acids is 2. The van der Waals surface area contributed by atoms with Gasteiger partial charge in [-0.1, -0.05) is 12.1 Å². The highest BCUT2D eigenvalue weighted by Crippen LogP contribution is 2.46. The van der Waals surface area contributed by atoms with Gasteiger partial charge >= 0.3 is 23.9 Å². The zero-order valence-corrected chi connectivity index (χ0v) is 19.3. The van der Waals surface area contributed by atoms with Gasteiger partial charge in [-0.25, -0.2) is 0 Å². The lowest BCUT2D eigenvalue weighted by atomic mass is 9.80. The van der Waals surface area contributed by atoms with Crippen molar-refractivity contribution in [2.45, 2.75) is 31.1 Å². The van der Waals surface area contributed by atoms with E-state index in [1.165, 1.54) is 36.3 Å². The zero-order valence-electron chi connectivity index (χ0n) is 19.3. The topological polar surface area (TPSA) is 85.2 Å². The summed E-state index contributed by atoms with van der Waals surface area (Å²) in [6.07, 6.45) is -9.16. The van der Waals surface area contributed by atoms with Crippen molar-refractivity contribution < 1.29 is 35.9 Å². The molecule has 0 unspecified atom stereocenters. The van der Waals surface area contributed by atoms with Crippen molar-refractivity contribution in [3.63, 3.8) is 0 Å². The number of hydrogen-bond acceptors (Lipinski definition) is 6. The average molecular weight is 524 g/mol. The van der Waals surface area contributed by atoms with Crippen LogP contribution in [0.15, 0.2) is 36.4 Å². The van der Waals surface area contributed by atoms with Gasteiger partial charge in [-0.05, 0) is 54.2 Å². The number of nitriles is 1. The van der Waals surface area contributed by atoms with Crippen LogP contribution in [0.3, 0.4) is 0 Å². The lowest BCUT2D eigenvalue weighted by Gasteiger charge is -2.42. The van der Waals surface area contributed by atoms with Crippen LogP contribution in [-0.4, -0.2) is 50.1 Å². The Bertz CT molecular complexity index is 1230. The van der Waals surface area contributed by atoms with Crippen LogP contribution in [0.4, 0.5) is 43.4 Å². The molecule has 0 amide bonds. The molecule has 0 radical (unpaired) electrons. The fraction of sp³-hybridized carbons (Fsp3) is 0.400. The molecule has 5 rings (SSSR count). The Morgan fingerprint density at radius 2 is 1.70 bits per heavy atom. The summed E-state index contributed by atoms with van der Waals surface area (Å²) in [5, 5.41) is 16.4. The van der Waals surface area contributed by atoms with E-state index in [-0.39, 0.29) is 0 Å². The second-order valence-electron chi connectivity index (χ2n) is 9.08. The Morgan fingerprint density at radius 1 is 1.03 bits per heavy atom. The van der Waals surface area contributed by atoms with Crippen molar-refractivity contribution in [1.82, 2.24) is 5.32 Å². The quantitative estimate of drug-likeness (QED) is 0.451. The molecule has 196 valence electrons. The normalized spacial score (nSPS) is 20.1. The molecule has 2 aromatic carbocycles. The van der Waals surface area contributed by atoms with Gasteiger partial charge in [0.2, 0.25) is 0 Å². The van der Waals surface area contributed by atoms with E-state index in [0.29, 0.717) is 11.5 Å². The number of alkyl halides is 6. The van der Waals surface area contributed by atoms with Crippen molar-refractivity contribution in [3.8, 4) is 6.07 Å². The Morgan fingerprint density at radius 3 is 2.35 bits per heavy atom. The van der Waals surface area contributed by atoms with Gasteiger partial charge in [0, 0.05) is 43.5 Å². The standard InChI is InChI=1S/C21H22N4.C4F6O2/c22-10-15-4-1-2-6-20(15)24-17-8-14-5-3-7-25-13-16-11-23-12-19(16)18(9-17)21(14)25;5-3(6,7)1(11)2(12)4(8,9)10/h1-2,4,6,8-9,16,19,23-24H,3,5,7,11-13H2;/t16-,19-;/m1./s1. The number of para-hydroxylation sites is 1. The monoisotopic (exact) mass is 524 g/mol. The van der Waals surface area contributed by atoms with E-state index in [0.717, 1.165) is 36.8 Å². The number of rotatable bonds is 3. The van der Waals surface area contributed by atoms with E-state index < -0.39 is 23.9 Å². The number of anilines is 3. The molecule has 0 bridgehead atoms. The summed E-state index contributed by atoms with van der Waals surface area (Å²) in [6, 6.07) is 14.6. The Hall–Kier alpha value is -3.59. The summed E-state index contributed by atoms with van der Waals surface area (Å²) in [5.41, 5.74) is 7.15. The predicted molar refractivity (Wildman–Crippen MR) is 123 cm³/mol. The van der Waals surface area contributed by atoms with Gasteiger partial charge in [0.15, 0.2) is 0 Å². The molecule has 2 atom stereocenters. The first-order chi connectivity index (χ1) is 17.4. The molecule has 0 saturated carbocycles. The fourth-order valence-corrected chi connectivity index (χ4v) is 5.08. The molecule has 0 aromatic heterocycles. The van der Waals surface area contributed by atoms with Crippen LogP contribution in [0.2, 0.25) is 0 Å². The largest absolute Gasteiger partial charge is 0.458 e. The van der Waals surface area contributed by atoms with Crippen molar-refractivity contribution in [2.75, 3.05) is 36.4 Å². The molecule has 3 aliphatic heterocycles. The summed E-state index contributed by atoms with van der Waals surface area (Å²) in [5.74, 6) is -5.47. The molecule has 37 heavy (non-hydrogen) atoms. The molecule has 12 heteroatoms. The van der Waals surface area contributed by atoms with Crippen LogP contribution in [0.1, 0.15) is 29.0 Å². The van der Waals surface area contributed by atoms with Gasteiger partial charge in [-0.2, -0.15) is 31.6 Å². The second-order valence-corrected chi connectivity index (χ2v) is 9.08. The molecule has 1 fully saturated rings. The molecular weight excluding hydrogens is 502 g/mol. The SMILES string of the molecule is N#Cc1ccccc1Nc1cc2c3c(c1)[C@@H]1CNC[C@@H]1CN3CCC2.O=C(C(=O)C(F)(F)F)C(F)(F)F. The summed E-state index contributed by atoms with van der Waals surface area (Å²) < 4.78 is 67.0. The van der Waals surface area contributed by atoms with E-state index in [2.05, 4.69) is 33.7 Å². The maximum Gasteiger partial charge on any atom is 0.458 e. The molecule has 3 heterocycles. The molecular formula is C25H22F6N4O2. The number of hydrogen-bond donors (Lipinski definition) is 2. The lowest BCUT2D eigenvalue weighted by Crippen LogP contribution is -2.41. The van der Waals surface area contributed by atoms with Crippen LogP contribution in [0.25, 0.3) is 0 Å². The Kier molecular flexibility index (Phi) is 7.19. The minimum absolute atomic E-state index is 0.621. The average Bonchev–Trinajstić information content (AvgIpc) is 3.32. The van der Waals surface area contributed by atoms with Gasteiger partial charge < -0.3 is 15.5 Å². The van der Waals surface area contributed by atoms with Crippen LogP contribution < -0.4 is 15.5 Å². The number of nitrogens with one attached hydrogen (secondary N) is 2. The number of fused-ring (bicyclic) bond motifs is 2. The van der Waals surface area contributed by atoms with Crippen LogP contribution >= 0.6 is 0 Å². The summed E-state index contributed by atoms with van der Waals surface area (Å²) in [4.78, 5) is 21.8. The fourth-order valence-electron chi connectivity index (χ4n) is 5.08. The highest BCUT2D eigenvalue weighted by Gasteiger charge is 2.54. The number of ketones is 2. The number of benzene rings is 2. The molecule has 3 aliphatic rings. The van der Waals surface area contributed by atoms with Gasteiger partial charge in [0.05, 0.1) is 11.3 Å². The van der Waals surface area contributed by atoms with E-state index in [9.17, 15) is 41.2 Å². The minimum Gasteiger partial charge on any atom is -0.371 e. The molecule has 0 aliphatic carbocycles. The van der Waals surface area contributed by atoms with Crippen molar-refractivity contribution in [2.24, 2.45) is 5.92 Å². The smallest absolute Gasteiger partial charge is 0.371 e. The summed E-state index contributed by atoms with van der Waals surface area (Å²) >= 11 is 0. The highest BCUT2D eigenvalue weighted by molar-refractivity contribution is 6.41. The van der Waals surface area contributed by atoms with E-state index >= 15 is 0 Å². The molecule has 6 nitrogen and oxygen atoms in total. The maximum absolute atomic E-state index is 11.2. The molecule has 1 saturated heterocycles. The van der Waals surface area contributed by atoms with Crippen molar-refractivity contribution in [1.29, 1.82) is 5.26 Å². The first-order valence-corrected chi connectivity index (χ1v) is 11.5. The summed E-state index contributed by atoms with van der Waals surface area (Å²) in [6.45, 7) is 4.60. The number of carbonyl (C=O) groups is 2.